The Bertz CT molecular complexity index is 349. The summed E-state index contributed by atoms with van der Waals surface area (Å²) in [4.78, 5) is 26.3. The first-order valence-corrected chi connectivity index (χ1v) is 4.59. The Kier molecular flexibility index (Phi) is 3.24. The van der Waals surface area contributed by atoms with E-state index in [1.807, 2.05) is 20.8 Å². The minimum absolute atomic E-state index is 0.148. The average molecular weight is 210 g/mol. The molecule has 0 radical (unpaired) electrons. The number of hydrogen-bond acceptors (Lipinski definition) is 4. The van der Waals surface area contributed by atoms with Crippen LogP contribution < -0.4 is 0 Å². The van der Waals surface area contributed by atoms with Gasteiger partial charge in [-0.3, -0.25) is 9.36 Å². The van der Waals surface area contributed by atoms with Crippen molar-refractivity contribution in [3.63, 3.8) is 0 Å². The number of imidazole rings is 1. The van der Waals surface area contributed by atoms with Crippen LogP contribution in [-0.2, 0) is 9.53 Å². The molecule has 82 valence electrons. The van der Waals surface area contributed by atoms with Gasteiger partial charge in [-0.1, -0.05) is 20.8 Å². The van der Waals surface area contributed by atoms with Crippen LogP contribution in [0.15, 0.2) is 18.7 Å². The molecule has 0 bridgehead atoms. The molecule has 0 N–H and O–H groups in total. The Balaban J connectivity index is 2.52. The molecule has 0 saturated heterocycles. The number of ether oxygens (including phenoxy) is 1. The van der Waals surface area contributed by atoms with Gasteiger partial charge in [-0.15, -0.1) is 0 Å². The molecule has 5 heteroatoms. The predicted octanol–water partition coefficient (Wildman–Crippen LogP) is 1.11. The molecule has 1 aromatic heterocycles. The van der Waals surface area contributed by atoms with Crippen molar-refractivity contribution in [1.82, 2.24) is 9.55 Å². The van der Waals surface area contributed by atoms with Gasteiger partial charge in [-0.05, 0) is 5.41 Å². The Hall–Kier alpha value is -1.65. The number of nitrogens with zero attached hydrogens (tertiary/aromatic N) is 2. The van der Waals surface area contributed by atoms with Gasteiger partial charge >= 0.3 is 11.9 Å². The first kappa shape index (κ1) is 11.4. The van der Waals surface area contributed by atoms with Crippen molar-refractivity contribution in [2.45, 2.75) is 20.8 Å². The first-order chi connectivity index (χ1) is 6.90. The maximum absolute atomic E-state index is 11.4. The number of hydrogen-bond donors (Lipinski definition) is 0. The van der Waals surface area contributed by atoms with E-state index in [0.29, 0.717) is 0 Å². The van der Waals surface area contributed by atoms with Crippen molar-refractivity contribution in [3.8, 4) is 0 Å². The van der Waals surface area contributed by atoms with Crippen molar-refractivity contribution in [1.29, 1.82) is 0 Å². The van der Waals surface area contributed by atoms with Crippen molar-refractivity contribution in [3.05, 3.63) is 18.7 Å². The molecule has 0 atom stereocenters. The maximum Gasteiger partial charge on any atom is 0.397 e. The van der Waals surface area contributed by atoms with Gasteiger partial charge in [0, 0.05) is 12.4 Å². The molecule has 0 aliphatic carbocycles. The predicted molar refractivity (Wildman–Crippen MR) is 53.3 cm³/mol. The highest BCUT2D eigenvalue weighted by molar-refractivity contribution is 6.33. The topological polar surface area (TPSA) is 61.2 Å². The molecule has 15 heavy (non-hydrogen) atoms. The Morgan fingerprint density at radius 2 is 2.07 bits per heavy atom. The smallest absolute Gasteiger partial charge is 0.397 e. The van der Waals surface area contributed by atoms with E-state index in [0.717, 1.165) is 4.57 Å². The van der Waals surface area contributed by atoms with Crippen molar-refractivity contribution < 1.29 is 14.3 Å². The number of carbonyl (C=O) groups excluding carboxylic acids is 2. The zero-order valence-electron chi connectivity index (χ0n) is 9.06. The summed E-state index contributed by atoms with van der Waals surface area (Å²) in [5, 5.41) is 0. The second kappa shape index (κ2) is 4.25. The second-order valence-electron chi connectivity index (χ2n) is 4.41. The van der Waals surface area contributed by atoms with Gasteiger partial charge in [0.2, 0.25) is 0 Å². The van der Waals surface area contributed by atoms with Crippen LogP contribution in [0.4, 0.5) is 0 Å². The standard InChI is InChI=1S/C10H14N2O3/c1-10(2,3)6-15-9(14)8(13)12-5-4-11-7-12/h4-5,7H,6H2,1-3H3. The van der Waals surface area contributed by atoms with E-state index in [4.69, 9.17) is 4.74 Å². The van der Waals surface area contributed by atoms with Gasteiger partial charge in [0.1, 0.15) is 6.33 Å². The Morgan fingerprint density at radius 1 is 1.40 bits per heavy atom. The fourth-order valence-electron chi connectivity index (χ4n) is 0.828. The van der Waals surface area contributed by atoms with Crippen LogP contribution in [-0.4, -0.2) is 28.0 Å². The molecule has 0 fully saturated rings. The lowest BCUT2D eigenvalue weighted by Gasteiger charge is -2.17. The minimum Gasteiger partial charge on any atom is -0.458 e. The van der Waals surface area contributed by atoms with Crippen molar-refractivity contribution in [2.75, 3.05) is 6.61 Å². The fourth-order valence-corrected chi connectivity index (χ4v) is 0.828. The minimum atomic E-state index is -0.858. The number of carbonyl (C=O) groups is 2. The molecular formula is C10H14N2O3. The number of rotatable bonds is 1. The molecule has 0 aromatic carbocycles. The molecule has 0 spiro atoms. The van der Waals surface area contributed by atoms with Crippen LogP contribution in [0.2, 0.25) is 0 Å². The lowest BCUT2D eigenvalue weighted by Crippen LogP contribution is -2.27. The summed E-state index contributed by atoms with van der Waals surface area (Å²) >= 11 is 0. The van der Waals surface area contributed by atoms with Crippen LogP contribution in [0, 0.1) is 5.41 Å². The third-order valence-electron chi connectivity index (χ3n) is 1.55. The molecule has 1 rings (SSSR count). The SMILES string of the molecule is CC(C)(C)COC(=O)C(=O)n1ccnc1. The summed E-state index contributed by atoms with van der Waals surface area (Å²) < 4.78 is 5.94. The molecule has 1 aromatic rings. The highest BCUT2D eigenvalue weighted by Crippen LogP contribution is 2.12. The van der Waals surface area contributed by atoms with Gasteiger partial charge in [0.25, 0.3) is 0 Å². The second-order valence-corrected chi connectivity index (χ2v) is 4.41. The molecular weight excluding hydrogens is 196 g/mol. The molecule has 0 unspecified atom stereocenters. The van der Waals surface area contributed by atoms with E-state index < -0.39 is 11.9 Å². The van der Waals surface area contributed by atoms with Crippen LogP contribution in [0.3, 0.4) is 0 Å². The van der Waals surface area contributed by atoms with E-state index in [1.165, 1.54) is 18.7 Å². The highest BCUT2D eigenvalue weighted by atomic mass is 16.5. The van der Waals surface area contributed by atoms with E-state index in [2.05, 4.69) is 4.98 Å². The average Bonchev–Trinajstić information content (AvgIpc) is 2.64. The Labute approximate surface area is 88.1 Å². The lowest BCUT2D eigenvalue weighted by atomic mass is 9.99. The van der Waals surface area contributed by atoms with E-state index in [-0.39, 0.29) is 12.0 Å². The summed E-state index contributed by atoms with van der Waals surface area (Å²) in [5.74, 6) is -1.58. The van der Waals surface area contributed by atoms with E-state index in [9.17, 15) is 9.59 Å². The first-order valence-electron chi connectivity index (χ1n) is 4.59. The largest absolute Gasteiger partial charge is 0.458 e. The van der Waals surface area contributed by atoms with Crippen molar-refractivity contribution in [2.24, 2.45) is 5.41 Å². The number of aromatic nitrogens is 2. The van der Waals surface area contributed by atoms with Gasteiger partial charge in [0.05, 0.1) is 6.61 Å². The summed E-state index contributed by atoms with van der Waals surface area (Å²) in [6.45, 7) is 5.97. The van der Waals surface area contributed by atoms with Gasteiger partial charge in [0.15, 0.2) is 0 Å². The summed E-state index contributed by atoms with van der Waals surface area (Å²) in [7, 11) is 0. The van der Waals surface area contributed by atoms with E-state index >= 15 is 0 Å². The highest BCUT2D eigenvalue weighted by Gasteiger charge is 2.20. The van der Waals surface area contributed by atoms with Crippen molar-refractivity contribution >= 4 is 11.9 Å². The third kappa shape index (κ3) is 3.53. The monoisotopic (exact) mass is 210 g/mol. The van der Waals surface area contributed by atoms with Crippen LogP contribution in [0.5, 0.6) is 0 Å². The summed E-state index contributed by atoms with van der Waals surface area (Å²) in [5.41, 5.74) is -0.148. The van der Waals surface area contributed by atoms with Crippen LogP contribution in [0.1, 0.15) is 25.6 Å². The Morgan fingerprint density at radius 3 is 2.53 bits per heavy atom. The molecule has 5 nitrogen and oxygen atoms in total. The zero-order valence-corrected chi connectivity index (χ0v) is 9.06. The molecule has 0 aliphatic rings. The molecule has 1 heterocycles. The molecule has 0 saturated carbocycles. The van der Waals surface area contributed by atoms with Crippen LogP contribution in [0.25, 0.3) is 0 Å². The van der Waals surface area contributed by atoms with E-state index in [1.54, 1.807) is 0 Å². The van der Waals surface area contributed by atoms with Gasteiger partial charge < -0.3 is 4.74 Å². The third-order valence-corrected chi connectivity index (χ3v) is 1.55. The zero-order chi connectivity index (χ0) is 11.5. The number of esters is 1. The fraction of sp³-hybridized carbons (Fsp3) is 0.500. The van der Waals surface area contributed by atoms with Gasteiger partial charge in [-0.2, -0.15) is 0 Å². The maximum atomic E-state index is 11.4. The summed E-state index contributed by atoms with van der Waals surface area (Å²) in [6, 6.07) is 0. The van der Waals surface area contributed by atoms with Crippen LogP contribution >= 0.6 is 0 Å². The quantitative estimate of drug-likeness (QED) is 0.514. The normalized spacial score (nSPS) is 11.1. The lowest BCUT2D eigenvalue weighted by molar-refractivity contribution is -0.141. The summed E-state index contributed by atoms with van der Waals surface area (Å²) in [6.07, 6.45) is 4.09. The molecule has 0 amide bonds. The van der Waals surface area contributed by atoms with Gasteiger partial charge in [-0.25, -0.2) is 9.78 Å². The molecule has 0 aliphatic heterocycles.